The predicted octanol–water partition coefficient (Wildman–Crippen LogP) is 4.09. The number of fused-ring (bicyclic) bond motifs is 1. The number of benzene rings is 2. The second-order valence-corrected chi connectivity index (χ2v) is 5.15. The molecular formula is C15H12FNS. The molecule has 90 valence electrons. The van der Waals surface area contributed by atoms with Crippen LogP contribution in [0.25, 0.3) is 10.8 Å². The lowest BCUT2D eigenvalue weighted by Gasteiger charge is -2.13. The van der Waals surface area contributed by atoms with Crippen molar-refractivity contribution in [3.63, 3.8) is 0 Å². The Hall–Kier alpha value is -1.71. The van der Waals surface area contributed by atoms with Crippen LogP contribution in [0.1, 0.15) is 16.5 Å². The second kappa shape index (κ2) is 4.52. The van der Waals surface area contributed by atoms with E-state index in [1.165, 1.54) is 6.07 Å². The highest BCUT2D eigenvalue weighted by molar-refractivity contribution is 7.10. The summed E-state index contributed by atoms with van der Waals surface area (Å²) >= 11 is 1.62. The summed E-state index contributed by atoms with van der Waals surface area (Å²) in [6, 6.07) is 14.5. The molecule has 2 N–H and O–H groups in total. The molecule has 1 nitrogen and oxygen atoms in total. The normalized spacial score (nSPS) is 12.8. The van der Waals surface area contributed by atoms with Gasteiger partial charge in [-0.15, -0.1) is 11.3 Å². The summed E-state index contributed by atoms with van der Waals surface area (Å²) < 4.78 is 13.7. The van der Waals surface area contributed by atoms with Gasteiger partial charge in [-0.1, -0.05) is 36.4 Å². The fourth-order valence-corrected chi connectivity index (χ4v) is 2.92. The van der Waals surface area contributed by atoms with E-state index in [1.54, 1.807) is 23.5 Å². The molecule has 0 fully saturated rings. The Kier molecular flexibility index (Phi) is 2.86. The molecule has 0 aliphatic rings. The van der Waals surface area contributed by atoms with E-state index >= 15 is 0 Å². The molecule has 0 saturated carbocycles. The van der Waals surface area contributed by atoms with Gasteiger partial charge in [-0.2, -0.15) is 0 Å². The molecule has 1 unspecified atom stereocenters. The summed E-state index contributed by atoms with van der Waals surface area (Å²) in [7, 11) is 0. The average molecular weight is 257 g/mol. The van der Waals surface area contributed by atoms with Crippen LogP contribution >= 0.6 is 11.3 Å². The van der Waals surface area contributed by atoms with Crippen LogP contribution in [-0.2, 0) is 0 Å². The van der Waals surface area contributed by atoms with Crippen molar-refractivity contribution >= 4 is 22.1 Å². The molecule has 18 heavy (non-hydrogen) atoms. The van der Waals surface area contributed by atoms with Crippen LogP contribution in [0.3, 0.4) is 0 Å². The molecule has 0 aliphatic carbocycles. The van der Waals surface area contributed by atoms with Gasteiger partial charge >= 0.3 is 0 Å². The van der Waals surface area contributed by atoms with Gasteiger partial charge in [0.05, 0.1) is 6.04 Å². The van der Waals surface area contributed by atoms with Gasteiger partial charge in [0.25, 0.3) is 0 Å². The molecule has 3 rings (SSSR count). The third kappa shape index (κ3) is 1.82. The van der Waals surface area contributed by atoms with Crippen molar-refractivity contribution in [1.82, 2.24) is 0 Å². The molecule has 0 amide bonds. The van der Waals surface area contributed by atoms with Crippen molar-refractivity contribution in [2.24, 2.45) is 5.73 Å². The van der Waals surface area contributed by atoms with E-state index in [0.717, 1.165) is 15.8 Å². The summed E-state index contributed by atoms with van der Waals surface area (Å²) in [5.41, 5.74) is 7.23. The van der Waals surface area contributed by atoms with Crippen molar-refractivity contribution < 1.29 is 4.39 Å². The van der Waals surface area contributed by atoms with Crippen molar-refractivity contribution in [2.45, 2.75) is 6.04 Å². The smallest absolute Gasteiger partial charge is 0.131 e. The maximum Gasteiger partial charge on any atom is 0.131 e. The molecule has 1 aromatic heterocycles. The second-order valence-electron chi connectivity index (χ2n) is 4.18. The topological polar surface area (TPSA) is 26.0 Å². The van der Waals surface area contributed by atoms with E-state index in [-0.39, 0.29) is 11.9 Å². The molecule has 1 heterocycles. The Balaban J connectivity index is 2.21. The molecule has 0 aliphatic heterocycles. The first-order valence-corrected chi connectivity index (χ1v) is 6.61. The zero-order chi connectivity index (χ0) is 12.5. The van der Waals surface area contributed by atoms with E-state index in [0.29, 0.717) is 5.39 Å². The van der Waals surface area contributed by atoms with Crippen molar-refractivity contribution in [3.8, 4) is 0 Å². The molecule has 3 aromatic rings. The molecular weight excluding hydrogens is 245 g/mol. The summed E-state index contributed by atoms with van der Waals surface area (Å²) in [5.74, 6) is -0.201. The van der Waals surface area contributed by atoms with E-state index in [4.69, 9.17) is 5.73 Å². The largest absolute Gasteiger partial charge is 0.320 e. The van der Waals surface area contributed by atoms with Gasteiger partial charge < -0.3 is 5.73 Å². The number of halogens is 1. The highest BCUT2D eigenvalue weighted by Crippen LogP contribution is 2.30. The zero-order valence-electron chi connectivity index (χ0n) is 9.64. The number of rotatable bonds is 2. The lowest BCUT2D eigenvalue weighted by molar-refractivity contribution is 0.639. The van der Waals surface area contributed by atoms with Crippen LogP contribution in [0, 0.1) is 5.82 Å². The highest BCUT2D eigenvalue weighted by atomic mass is 32.1. The molecule has 0 radical (unpaired) electrons. The van der Waals surface area contributed by atoms with Crippen LogP contribution in [0.15, 0.2) is 53.9 Å². The molecule has 0 spiro atoms. The Labute approximate surface area is 109 Å². The minimum atomic E-state index is -0.201. The Morgan fingerprint density at radius 2 is 1.72 bits per heavy atom. The van der Waals surface area contributed by atoms with Gasteiger partial charge in [0.2, 0.25) is 0 Å². The zero-order valence-corrected chi connectivity index (χ0v) is 10.5. The van der Waals surface area contributed by atoms with Gasteiger partial charge in [0, 0.05) is 10.3 Å². The first-order chi connectivity index (χ1) is 8.77. The first kappa shape index (κ1) is 11.4. The summed E-state index contributed by atoms with van der Waals surface area (Å²) in [6.07, 6.45) is 0. The summed E-state index contributed by atoms with van der Waals surface area (Å²) in [4.78, 5) is 1.09. The van der Waals surface area contributed by atoms with Crippen molar-refractivity contribution in [1.29, 1.82) is 0 Å². The maximum absolute atomic E-state index is 13.7. The average Bonchev–Trinajstić information content (AvgIpc) is 2.93. The molecule has 0 bridgehead atoms. The minimum Gasteiger partial charge on any atom is -0.320 e. The predicted molar refractivity (Wildman–Crippen MR) is 74.3 cm³/mol. The first-order valence-electron chi connectivity index (χ1n) is 5.73. The molecule has 3 heteroatoms. The summed E-state index contributed by atoms with van der Waals surface area (Å²) in [5, 5.41) is 3.52. The fourth-order valence-electron chi connectivity index (χ4n) is 2.18. The van der Waals surface area contributed by atoms with Crippen LogP contribution < -0.4 is 5.73 Å². The lowest BCUT2D eigenvalue weighted by atomic mass is 9.98. The van der Waals surface area contributed by atoms with Gasteiger partial charge in [0.15, 0.2) is 0 Å². The SMILES string of the molecule is NC(c1cccs1)c1ccc(F)c2ccccc12. The van der Waals surface area contributed by atoms with Crippen LogP contribution in [0.2, 0.25) is 0 Å². The number of thiophene rings is 1. The Morgan fingerprint density at radius 1 is 0.944 bits per heavy atom. The Morgan fingerprint density at radius 3 is 2.44 bits per heavy atom. The molecule has 1 atom stereocenters. The van der Waals surface area contributed by atoms with Crippen molar-refractivity contribution in [3.05, 3.63) is 70.2 Å². The van der Waals surface area contributed by atoms with Gasteiger partial charge in [-0.3, -0.25) is 0 Å². The lowest BCUT2D eigenvalue weighted by Crippen LogP contribution is -2.10. The third-order valence-corrected chi connectivity index (χ3v) is 4.04. The van der Waals surface area contributed by atoms with E-state index in [1.807, 2.05) is 35.7 Å². The summed E-state index contributed by atoms with van der Waals surface area (Å²) in [6.45, 7) is 0. The van der Waals surface area contributed by atoms with Crippen molar-refractivity contribution in [2.75, 3.05) is 0 Å². The number of hydrogen-bond donors (Lipinski definition) is 1. The van der Waals surface area contributed by atoms with Crippen LogP contribution in [0.4, 0.5) is 4.39 Å². The minimum absolute atomic E-state index is 0.199. The highest BCUT2D eigenvalue weighted by Gasteiger charge is 2.14. The number of nitrogens with two attached hydrogens (primary N) is 1. The van der Waals surface area contributed by atoms with E-state index in [2.05, 4.69) is 0 Å². The monoisotopic (exact) mass is 257 g/mol. The van der Waals surface area contributed by atoms with Crippen LogP contribution in [0.5, 0.6) is 0 Å². The van der Waals surface area contributed by atoms with Crippen LogP contribution in [-0.4, -0.2) is 0 Å². The van der Waals surface area contributed by atoms with Gasteiger partial charge in [-0.05, 0) is 28.5 Å². The fraction of sp³-hybridized carbons (Fsp3) is 0.0667. The Bertz CT molecular complexity index is 676. The maximum atomic E-state index is 13.7. The standard InChI is InChI=1S/C15H12FNS/c16-13-8-7-12(10-4-1-2-5-11(10)13)15(17)14-6-3-9-18-14/h1-9,15H,17H2. The third-order valence-electron chi connectivity index (χ3n) is 3.09. The number of hydrogen-bond acceptors (Lipinski definition) is 2. The quantitative estimate of drug-likeness (QED) is 0.735. The molecule has 0 saturated heterocycles. The van der Waals surface area contributed by atoms with Gasteiger partial charge in [0.1, 0.15) is 5.82 Å². The molecule has 2 aromatic carbocycles. The van der Waals surface area contributed by atoms with E-state index < -0.39 is 0 Å². The van der Waals surface area contributed by atoms with Gasteiger partial charge in [-0.25, -0.2) is 4.39 Å². The van der Waals surface area contributed by atoms with E-state index in [9.17, 15) is 4.39 Å².